The molecule has 2 aromatic rings. The zero-order valence-electron chi connectivity index (χ0n) is 19.8. The number of nitrogens with one attached hydrogen (secondary N) is 1. The zero-order chi connectivity index (χ0) is 23.4. The third-order valence-electron chi connectivity index (χ3n) is 9.01. The van der Waals surface area contributed by atoms with E-state index in [1.54, 1.807) is 28.0 Å². The molecule has 180 valence electrons. The summed E-state index contributed by atoms with van der Waals surface area (Å²) in [6.07, 6.45) is 14.2. The van der Waals surface area contributed by atoms with E-state index in [1.165, 1.54) is 51.9 Å². The maximum atomic E-state index is 13.4. The van der Waals surface area contributed by atoms with Crippen molar-refractivity contribution in [2.24, 2.45) is 17.3 Å². The van der Waals surface area contributed by atoms with Gasteiger partial charge in [-0.25, -0.2) is 0 Å². The molecule has 4 fully saturated rings. The number of Topliss-reactive ketones (excluding diaryl/α,β-unsaturated/α-hetero) is 1. The van der Waals surface area contributed by atoms with Crippen LogP contribution in [0, 0.1) is 17.3 Å². The third-order valence-corrected chi connectivity index (χ3v) is 9.01. The number of likely N-dealkylation sites (tertiary alicyclic amines) is 1. The van der Waals surface area contributed by atoms with Gasteiger partial charge in [-0.2, -0.15) is 5.10 Å². The number of carbonyl (C=O) groups is 3. The summed E-state index contributed by atoms with van der Waals surface area (Å²) in [7, 11) is 0. The quantitative estimate of drug-likeness (QED) is 0.664. The summed E-state index contributed by atoms with van der Waals surface area (Å²) in [6.45, 7) is 2.20. The van der Waals surface area contributed by atoms with Crippen LogP contribution in [0.1, 0.15) is 75.2 Å². The Labute approximate surface area is 199 Å². The Morgan fingerprint density at radius 3 is 2.65 bits per heavy atom. The third kappa shape index (κ3) is 3.71. The number of hydrogen-bond acceptors (Lipinski definition) is 5. The summed E-state index contributed by atoms with van der Waals surface area (Å²) in [5.41, 5.74) is 1.64. The summed E-state index contributed by atoms with van der Waals surface area (Å²) in [4.78, 5) is 44.5. The van der Waals surface area contributed by atoms with E-state index in [9.17, 15) is 14.4 Å². The molecule has 3 aliphatic carbocycles. The van der Waals surface area contributed by atoms with Crippen molar-refractivity contribution in [2.75, 3.05) is 6.54 Å². The number of rotatable bonds is 6. The number of ketones is 1. The highest BCUT2D eigenvalue weighted by Gasteiger charge is 2.56. The van der Waals surface area contributed by atoms with Gasteiger partial charge in [0.2, 0.25) is 11.8 Å². The van der Waals surface area contributed by atoms with Crippen molar-refractivity contribution < 1.29 is 14.4 Å². The zero-order valence-corrected chi connectivity index (χ0v) is 19.8. The summed E-state index contributed by atoms with van der Waals surface area (Å²) >= 11 is 0. The van der Waals surface area contributed by atoms with Crippen LogP contribution in [-0.4, -0.2) is 55.9 Å². The molecule has 3 atom stereocenters. The molecule has 0 radical (unpaired) electrons. The standard InChI is InChI=1S/C26H33N5O3/c1-16(32)24-19-5-10-27-14-22(19)30(29-24)15-23(33)31-20-11-18(20)12-21(31)25(34)28-13-17-3-8-26(9-4-17)6-2-7-26/h5,10,14,17-18,20-21H,2-4,6-9,11-13,15H2,1H3,(H,28,34)/t18-,20-,21+/m1/s1. The first-order valence-electron chi connectivity index (χ1n) is 12.8. The minimum Gasteiger partial charge on any atom is -0.354 e. The van der Waals surface area contributed by atoms with Crippen LogP contribution in [-0.2, 0) is 16.1 Å². The van der Waals surface area contributed by atoms with Gasteiger partial charge in [-0.3, -0.25) is 24.0 Å². The lowest BCUT2D eigenvalue weighted by Gasteiger charge is -2.47. The number of carbonyl (C=O) groups excluding carboxylic acids is 3. The van der Waals surface area contributed by atoms with Gasteiger partial charge in [0.05, 0.1) is 11.7 Å². The average molecular weight is 464 g/mol. The molecule has 6 rings (SSSR count). The van der Waals surface area contributed by atoms with Crippen molar-refractivity contribution in [2.45, 2.75) is 83.3 Å². The predicted octanol–water partition coefficient (Wildman–Crippen LogP) is 3.10. The highest BCUT2D eigenvalue weighted by atomic mass is 16.2. The Morgan fingerprint density at radius 2 is 1.94 bits per heavy atom. The van der Waals surface area contributed by atoms with Gasteiger partial charge in [-0.05, 0) is 74.7 Å². The van der Waals surface area contributed by atoms with E-state index in [-0.39, 0.29) is 30.2 Å². The van der Waals surface area contributed by atoms with E-state index in [0.717, 1.165) is 19.4 Å². The number of fused-ring (bicyclic) bond motifs is 2. The molecule has 8 nitrogen and oxygen atoms in total. The second-order valence-corrected chi connectivity index (χ2v) is 11.1. The molecule has 0 aromatic carbocycles. The number of nitrogens with zero attached hydrogens (tertiary/aromatic N) is 4. The van der Waals surface area contributed by atoms with Gasteiger partial charge in [0.1, 0.15) is 18.3 Å². The van der Waals surface area contributed by atoms with Crippen LogP contribution >= 0.6 is 0 Å². The largest absolute Gasteiger partial charge is 0.354 e. The van der Waals surface area contributed by atoms with Crippen LogP contribution in [0.3, 0.4) is 0 Å². The fourth-order valence-electron chi connectivity index (χ4n) is 6.69. The lowest BCUT2D eigenvalue weighted by molar-refractivity contribution is -0.140. The number of aromatic nitrogens is 3. The van der Waals surface area contributed by atoms with Gasteiger partial charge in [-0.15, -0.1) is 0 Å². The van der Waals surface area contributed by atoms with Crippen molar-refractivity contribution in [3.05, 3.63) is 24.2 Å². The van der Waals surface area contributed by atoms with E-state index < -0.39 is 6.04 Å². The van der Waals surface area contributed by atoms with Crippen LogP contribution in [0.15, 0.2) is 18.5 Å². The van der Waals surface area contributed by atoms with Gasteiger partial charge in [0, 0.05) is 31.1 Å². The smallest absolute Gasteiger partial charge is 0.245 e. The SMILES string of the molecule is CC(=O)c1nn(CC(=O)N2[C@@H]3C[C@@H]3C[C@H]2C(=O)NCC2CCC3(CCC3)CC2)c2cnccc12. The predicted molar refractivity (Wildman–Crippen MR) is 126 cm³/mol. The molecule has 3 heterocycles. The van der Waals surface area contributed by atoms with Gasteiger partial charge in [-0.1, -0.05) is 6.42 Å². The van der Waals surface area contributed by atoms with Gasteiger partial charge in [0.15, 0.2) is 5.78 Å². The van der Waals surface area contributed by atoms with Crippen molar-refractivity contribution in [1.29, 1.82) is 0 Å². The maximum Gasteiger partial charge on any atom is 0.245 e. The summed E-state index contributed by atoms with van der Waals surface area (Å²) < 4.78 is 1.56. The van der Waals surface area contributed by atoms with Crippen molar-refractivity contribution >= 4 is 28.5 Å². The van der Waals surface area contributed by atoms with Crippen LogP contribution < -0.4 is 5.32 Å². The highest BCUT2D eigenvalue weighted by Crippen LogP contribution is 2.52. The van der Waals surface area contributed by atoms with Crippen LogP contribution in [0.5, 0.6) is 0 Å². The van der Waals surface area contributed by atoms with Gasteiger partial charge >= 0.3 is 0 Å². The molecule has 4 aliphatic rings. The van der Waals surface area contributed by atoms with Crippen LogP contribution in [0.2, 0.25) is 0 Å². The Balaban J connectivity index is 1.11. The molecule has 1 N–H and O–H groups in total. The summed E-state index contributed by atoms with van der Waals surface area (Å²) in [5.74, 6) is 0.716. The summed E-state index contributed by atoms with van der Waals surface area (Å²) in [5, 5.41) is 8.30. The molecule has 1 spiro atoms. The van der Waals surface area contributed by atoms with Crippen LogP contribution in [0.4, 0.5) is 0 Å². The number of hydrogen-bond donors (Lipinski definition) is 1. The topological polar surface area (TPSA) is 97.2 Å². The van der Waals surface area contributed by atoms with Crippen LogP contribution in [0.25, 0.3) is 10.9 Å². The lowest BCUT2D eigenvalue weighted by atomic mass is 9.59. The molecule has 8 heteroatoms. The normalized spacial score (nSPS) is 27.4. The Hall–Kier alpha value is -2.77. The van der Waals surface area contributed by atoms with Crippen molar-refractivity contribution in [3.8, 4) is 0 Å². The number of amides is 2. The Kier molecular flexibility index (Phi) is 5.22. The molecule has 0 unspecified atom stereocenters. The first-order chi connectivity index (χ1) is 16.4. The Bertz CT molecular complexity index is 1140. The second-order valence-electron chi connectivity index (χ2n) is 11.1. The highest BCUT2D eigenvalue weighted by molar-refractivity contribution is 6.04. The molecule has 34 heavy (non-hydrogen) atoms. The molecular formula is C26H33N5O3. The monoisotopic (exact) mass is 463 g/mol. The first-order valence-corrected chi connectivity index (χ1v) is 12.8. The van der Waals surface area contributed by atoms with E-state index in [2.05, 4.69) is 15.4 Å². The average Bonchev–Trinajstić information content (AvgIpc) is 3.32. The van der Waals surface area contributed by atoms with E-state index in [0.29, 0.717) is 33.8 Å². The first kappa shape index (κ1) is 21.7. The fourth-order valence-corrected chi connectivity index (χ4v) is 6.69. The molecular weight excluding hydrogens is 430 g/mol. The molecule has 1 saturated heterocycles. The molecule has 2 amide bonds. The van der Waals surface area contributed by atoms with Crippen molar-refractivity contribution in [1.82, 2.24) is 25.0 Å². The minimum atomic E-state index is -0.398. The molecule has 3 saturated carbocycles. The number of pyridine rings is 1. The van der Waals surface area contributed by atoms with E-state index >= 15 is 0 Å². The fraction of sp³-hybridized carbons (Fsp3) is 0.654. The van der Waals surface area contributed by atoms with Gasteiger partial charge < -0.3 is 10.2 Å². The number of piperidine rings is 1. The maximum absolute atomic E-state index is 13.4. The lowest BCUT2D eigenvalue weighted by Crippen LogP contribution is -2.50. The van der Waals surface area contributed by atoms with Gasteiger partial charge in [0.25, 0.3) is 0 Å². The molecule has 1 aliphatic heterocycles. The minimum absolute atomic E-state index is 0.00712. The molecule has 2 aromatic heterocycles. The van der Waals surface area contributed by atoms with Crippen molar-refractivity contribution in [3.63, 3.8) is 0 Å². The Morgan fingerprint density at radius 1 is 1.15 bits per heavy atom. The van der Waals surface area contributed by atoms with E-state index in [1.807, 2.05) is 0 Å². The second kappa shape index (κ2) is 8.17. The van der Waals surface area contributed by atoms with E-state index in [4.69, 9.17) is 0 Å². The summed E-state index contributed by atoms with van der Waals surface area (Å²) in [6, 6.07) is 1.51. The molecule has 0 bridgehead atoms.